The third kappa shape index (κ3) is 2.62. The lowest BCUT2D eigenvalue weighted by atomic mass is 10.3. The molecule has 12 heavy (non-hydrogen) atoms. The molecular weight excluding hydrogens is 154 g/mol. The van der Waals surface area contributed by atoms with Gasteiger partial charge in [0, 0.05) is 18.7 Å². The van der Waals surface area contributed by atoms with Gasteiger partial charge >= 0.3 is 0 Å². The van der Waals surface area contributed by atoms with Crippen molar-refractivity contribution < 1.29 is 9.90 Å². The van der Waals surface area contributed by atoms with Crippen LogP contribution in [0.4, 0.5) is 5.69 Å². The van der Waals surface area contributed by atoms with E-state index < -0.39 is 0 Å². The highest BCUT2D eigenvalue weighted by Crippen LogP contribution is 2.13. The molecule has 3 nitrogen and oxygen atoms in total. The average Bonchev–Trinajstić information content (AvgIpc) is 2.09. The molecule has 0 fully saturated rings. The van der Waals surface area contributed by atoms with E-state index in [0.717, 1.165) is 12.0 Å². The summed E-state index contributed by atoms with van der Waals surface area (Å²) in [6, 6.07) is 6.73. The number of hydrogen-bond acceptors (Lipinski definition) is 3. The van der Waals surface area contributed by atoms with E-state index in [9.17, 15) is 4.79 Å². The fourth-order valence-corrected chi connectivity index (χ4v) is 0.855. The molecule has 0 bridgehead atoms. The minimum absolute atomic E-state index is 0.246. The van der Waals surface area contributed by atoms with Crippen LogP contribution in [-0.2, 0) is 4.79 Å². The van der Waals surface area contributed by atoms with Gasteiger partial charge in [-0.25, -0.2) is 0 Å². The monoisotopic (exact) mass is 165 g/mol. The first-order valence-electron chi connectivity index (χ1n) is 3.79. The van der Waals surface area contributed by atoms with E-state index >= 15 is 0 Å². The molecule has 1 aromatic rings. The molecule has 0 saturated heterocycles. The van der Waals surface area contributed by atoms with Crippen molar-refractivity contribution in [3.63, 3.8) is 0 Å². The van der Waals surface area contributed by atoms with Crippen LogP contribution in [0.3, 0.4) is 0 Å². The standard InChI is InChI=1S/C9H11NO2/c11-7-1-6-10-8-2-4-9(12)5-3-8/h2-5,7,10,12H,1,6H2. The third-order valence-electron chi connectivity index (χ3n) is 1.46. The van der Waals surface area contributed by atoms with Gasteiger partial charge in [-0.1, -0.05) is 0 Å². The number of rotatable bonds is 4. The molecule has 0 aromatic heterocycles. The number of carbonyl (C=O) groups excluding carboxylic acids is 1. The Hall–Kier alpha value is -1.51. The third-order valence-corrected chi connectivity index (χ3v) is 1.46. The normalized spacial score (nSPS) is 9.33. The van der Waals surface area contributed by atoms with E-state index in [2.05, 4.69) is 5.32 Å². The van der Waals surface area contributed by atoms with Gasteiger partial charge in [0.2, 0.25) is 0 Å². The first-order valence-corrected chi connectivity index (χ1v) is 3.79. The molecule has 1 rings (SSSR count). The maximum atomic E-state index is 9.97. The predicted octanol–water partition coefficient (Wildman–Crippen LogP) is 1.39. The van der Waals surface area contributed by atoms with Crippen LogP contribution in [0.2, 0.25) is 0 Å². The van der Waals surface area contributed by atoms with Crippen LogP contribution in [0.25, 0.3) is 0 Å². The van der Waals surface area contributed by atoms with E-state index in [1.807, 2.05) is 0 Å². The molecule has 0 heterocycles. The zero-order valence-electron chi connectivity index (χ0n) is 6.66. The Balaban J connectivity index is 2.42. The van der Waals surface area contributed by atoms with Gasteiger partial charge < -0.3 is 15.2 Å². The molecule has 0 unspecified atom stereocenters. The number of anilines is 1. The SMILES string of the molecule is O=CCCNc1ccc(O)cc1. The van der Waals surface area contributed by atoms with Crippen molar-refractivity contribution in [1.29, 1.82) is 0 Å². The summed E-state index contributed by atoms with van der Waals surface area (Å²) in [4.78, 5) is 9.97. The quantitative estimate of drug-likeness (QED) is 0.402. The maximum Gasteiger partial charge on any atom is 0.121 e. The molecule has 64 valence electrons. The summed E-state index contributed by atoms with van der Waals surface area (Å²) in [6.07, 6.45) is 1.37. The predicted molar refractivity (Wildman–Crippen MR) is 47.3 cm³/mol. The highest BCUT2D eigenvalue weighted by atomic mass is 16.3. The van der Waals surface area contributed by atoms with Crippen LogP contribution in [0, 0.1) is 0 Å². The van der Waals surface area contributed by atoms with Crippen LogP contribution in [0.1, 0.15) is 6.42 Å². The number of phenolic OH excluding ortho intramolecular Hbond substituents is 1. The highest BCUT2D eigenvalue weighted by Gasteiger charge is 1.90. The molecule has 1 aromatic carbocycles. The average molecular weight is 165 g/mol. The Kier molecular flexibility index (Phi) is 3.14. The summed E-state index contributed by atoms with van der Waals surface area (Å²) < 4.78 is 0. The highest BCUT2D eigenvalue weighted by molar-refractivity contribution is 5.52. The molecular formula is C9H11NO2. The summed E-state index contributed by atoms with van der Waals surface area (Å²) >= 11 is 0. The topological polar surface area (TPSA) is 49.3 Å². The smallest absolute Gasteiger partial charge is 0.121 e. The first-order chi connectivity index (χ1) is 5.83. The summed E-state index contributed by atoms with van der Waals surface area (Å²) in [6.45, 7) is 0.633. The zero-order valence-corrected chi connectivity index (χ0v) is 6.66. The number of nitrogens with one attached hydrogen (secondary N) is 1. The van der Waals surface area contributed by atoms with Crippen LogP contribution in [0.15, 0.2) is 24.3 Å². The van der Waals surface area contributed by atoms with Crippen LogP contribution in [0.5, 0.6) is 5.75 Å². The second kappa shape index (κ2) is 4.38. The van der Waals surface area contributed by atoms with E-state index in [4.69, 9.17) is 5.11 Å². The Morgan fingerprint density at radius 2 is 2.00 bits per heavy atom. The second-order valence-electron chi connectivity index (χ2n) is 2.43. The molecule has 0 aliphatic heterocycles. The Morgan fingerprint density at radius 3 is 2.58 bits per heavy atom. The van der Waals surface area contributed by atoms with Crippen molar-refractivity contribution in [2.24, 2.45) is 0 Å². The van der Waals surface area contributed by atoms with E-state index in [1.165, 1.54) is 0 Å². The molecule has 0 aliphatic rings. The van der Waals surface area contributed by atoms with Crippen molar-refractivity contribution in [2.45, 2.75) is 6.42 Å². The van der Waals surface area contributed by atoms with Crippen LogP contribution < -0.4 is 5.32 Å². The van der Waals surface area contributed by atoms with Gasteiger partial charge in [-0.05, 0) is 24.3 Å². The number of aromatic hydroxyl groups is 1. The van der Waals surface area contributed by atoms with Crippen molar-refractivity contribution >= 4 is 12.0 Å². The fourth-order valence-electron chi connectivity index (χ4n) is 0.855. The van der Waals surface area contributed by atoms with E-state index in [-0.39, 0.29) is 5.75 Å². The minimum atomic E-state index is 0.246. The molecule has 0 radical (unpaired) electrons. The van der Waals surface area contributed by atoms with Crippen LogP contribution in [-0.4, -0.2) is 17.9 Å². The van der Waals surface area contributed by atoms with Crippen molar-refractivity contribution in [3.05, 3.63) is 24.3 Å². The lowest BCUT2D eigenvalue weighted by molar-refractivity contribution is -0.107. The van der Waals surface area contributed by atoms with Gasteiger partial charge in [-0.3, -0.25) is 0 Å². The molecule has 2 N–H and O–H groups in total. The summed E-state index contributed by atoms with van der Waals surface area (Å²) in [5.74, 6) is 0.246. The van der Waals surface area contributed by atoms with Gasteiger partial charge in [-0.2, -0.15) is 0 Å². The largest absolute Gasteiger partial charge is 0.508 e. The van der Waals surface area contributed by atoms with Gasteiger partial charge in [0.1, 0.15) is 12.0 Å². The second-order valence-corrected chi connectivity index (χ2v) is 2.43. The van der Waals surface area contributed by atoms with E-state index in [1.54, 1.807) is 24.3 Å². The number of benzene rings is 1. The van der Waals surface area contributed by atoms with Crippen LogP contribution >= 0.6 is 0 Å². The van der Waals surface area contributed by atoms with Gasteiger partial charge in [0.25, 0.3) is 0 Å². The Labute approximate surface area is 71.0 Å². The summed E-state index contributed by atoms with van der Waals surface area (Å²) in [5, 5.41) is 12.0. The number of aldehydes is 1. The van der Waals surface area contributed by atoms with E-state index in [0.29, 0.717) is 13.0 Å². The molecule has 0 amide bonds. The van der Waals surface area contributed by atoms with Crippen molar-refractivity contribution in [2.75, 3.05) is 11.9 Å². The lowest BCUT2D eigenvalue weighted by Gasteiger charge is -2.02. The zero-order chi connectivity index (χ0) is 8.81. The van der Waals surface area contributed by atoms with Crippen molar-refractivity contribution in [3.8, 4) is 5.75 Å². The number of carbonyl (C=O) groups is 1. The maximum absolute atomic E-state index is 9.97. The fraction of sp³-hybridized carbons (Fsp3) is 0.222. The number of phenols is 1. The Morgan fingerprint density at radius 1 is 1.33 bits per heavy atom. The first kappa shape index (κ1) is 8.59. The van der Waals surface area contributed by atoms with Crippen molar-refractivity contribution in [1.82, 2.24) is 0 Å². The summed E-state index contributed by atoms with van der Waals surface area (Å²) in [7, 11) is 0. The van der Waals surface area contributed by atoms with Gasteiger partial charge in [0.15, 0.2) is 0 Å². The minimum Gasteiger partial charge on any atom is -0.508 e. The molecule has 0 saturated carbocycles. The van der Waals surface area contributed by atoms with Gasteiger partial charge in [0.05, 0.1) is 0 Å². The number of hydrogen-bond donors (Lipinski definition) is 2. The lowest BCUT2D eigenvalue weighted by Crippen LogP contribution is -2.00. The molecule has 3 heteroatoms. The molecule has 0 aliphatic carbocycles. The molecule has 0 atom stereocenters. The summed E-state index contributed by atoms with van der Waals surface area (Å²) in [5.41, 5.74) is 0.912. The Bertz CT molecular complexity index is 243. The van der Waals surface area contributed by atoms with Gasteiger partial charge in [-0.15, -0.1) is 0 Å². The molecule has 0 spiro atoms.